The number of benzene rings is 1. The van der Waals surface area contributed by atoms with Gasteiger partial charge in [-0.25, -0.2) is 0 Å². The van der Waals surface area contributed by atoms with Crippen LogP contribution in [0.1, 0.15) is 44.7 Å². The number of rotatable bonds is 3. The van der Waals surface area contributed by atoms with Gasteiger partial charge < -0.3 is 5.32 Å². The van der Waals surface area contributed by atoms with Gasteiger partial charge in [-0.05, 0) is 30.0 Å². The molecule has 88 valence electrons. The predicted octanol–water partition coefficient (Wildman–Crippen LogP) is 3.71. The Bertz CT molecular complexity index is 380. The van der Waals surface area contributed by atoms with Crippen molar-refractivity contribution in [3.05, 3.63) is 29.3 Å². The Morgan fingerprint density at radius 3 is 2.25 bits per heavy atom. The predicted molar refractivity (Wildman–Crippen MR) is 68.7 cm³/mol. The molecular formula is C14H21NO. The molecule has 0 radical (unpaired) electrons. The lowest BCUT2D eigenvalue weighted by Gasteiger charge is -2.13. The van der Waals surface area contributed by atoms with Crippen LogP contribution in [0.2, 0.25) is 0 Å². The van der Waals surface area contributed by atoms with Crippen LogP contribution in [0.25, 0.3) is 0 Å². The molecule has 0 aliphatic carbocycles. The zero-order valence-electron chi connectivity index (χ0n) is 10.8. The molecule has 0 bridgehead atoms. The molecule has 1 rings (SSSR count). The molecule has 1 amide bonds. The van der Waals surface area contributed by atoms with Crippen LogP contribution in [0.4, 0.5) is 5.69 Å². The van der Waals surface area contributed by atoms with Crippen LogP contribution in [0.3, 0.4) is 0 Å². The van der Waals surface area contributed by atoms with Crippen LogP contribution in [0.15, 0.2) is 18.2 Å². The average molecular weight is 219 g/mol. The number of carbonyl (C=O) groups is 1. The molecule has 0 spiro atoms. The van der Waals surface area contributed by atoms with Crippen molar-refractivity contribution in [3.63, 3.8) is 0 Å². The second kappa shape index (κ2) is 5.15. The number of amides is 1. The SMILES string of the molecule is Cc1cc(C(C)C)ccc1NC(=O)C(C)C. The molecule has 2 heteroatoms. The van der Waals surface area contributed by atoms with Gasteiger partial charge in [0.15, 0.2) is 0 Å². The zero-order chi connectivity index (χ0) is 12.3. The summed E-state index contributed by atoms with van der Waals surface area (Å²) in [6.07, 6.45) is 0. The lowest BCUT2D eigenvalue weighted by atomic mass is 10.00. The zero-order valence-corrected chi connectivity index (χ0v) is 10.8. The highest BCUT2D eigenvalue weighted by atomic mass is 16.1. The van der Waals surface area contributed by atoms with Gasteiger partial charge in [0.25, 0.3) is 0 Å². The van der Waals surface area contributed by atoms with E-state index in [1.165, 1.54) is 5.56 Å². The van der Waals surface area contributed by atoms with Crippen molar-refractivity contribution < 1.29 is 4.79 Å². The fraction of sp³-hybridized carbons (Fsp3) is 0.500. The lowest BCUT2D eigenvalue weighted by molar-refractivity contribution is -0.118. The molecule has 1 N–H and O–H groups in total. The first-order valence-corrected chi connectivity index (χ1v) is 5.83. The third-order valence-electron chi connectivity index (χ3n) is 2.70. The smallest absolute Gasteiger partial charge is 0.226 e. The highest BCUT2D eigenvalue weighted by Gasteiger charge is 2.09. The van der Waals surface area contributed by atoms with Crippen molar-refractivity contribution in [1.29, 1.82) is 0 Å². The van der Waals surface area contributed by atoms with Crippen LogP contribution in [-0.4, -0.2) is 5.91 Å². The molecule has 0 aliphatic rings. The molecule has 0 saturated carbocycles. The maximum Gasteiger partial charge on any atom is 0.226 e. The second-order valence-electron chi connectivity index (χ2n) is 4.87. The van der Waals surface area contributed by atoms with E-state index in [9.17, 15) is 4.79 Å². The summed E-state index contributed by atoms with van der Waals surface area (Å²) in [7, 11) is 0. The largest absolute Gasteiger partial charge is 0.326 e. The van der Waals surface area contributed by atoms with Gasteiger partial charge in [0.05, 0.1) is 0 Å². The third-order valence-corrected chi connectivity index (χ3v) is 2.70. The van der Waals surface area contributed by atoms with Crippen molar-refractivity contribution in [1.82, 2.24) is 0 Å². The number of hydrogen-bond acceptors (Lipinski definition) is 1. The monoisotopic (exact) mass is 219 g/mol. The molecule has 1 aromatic carbocycles. The maximum absolute atomic E-state index is 11.6. The standard InChI is InChI=1S/C14H21NO/c1-9(2)12-6-7-13(11(5)8-12)15-14(16)10(3)4/h6-10H,1-5H3,(H,15,16). The van der Waals surface area contributed by atoms with Gasteiger partial charge in [0.1, 0.15) is 0 Å². The number of aryl methyl sites for hydroxylation is 1. The first-order valence-electron chi connectivity index (χ1n) is 5.83. The van der Waals surface area contributed by atoms with Gasteiger partial charge in [0, 0.05) is 11.6 Å². The van der Waals surface area contributed by atoms with E-state index < -0.39 is 0 Å². The highest BCUT2D eigenvalue weighted by molar-refractivity contribution is 5.92. The summed E-state index contributed by atoms with van der Waals surface area (Å²) >= 11 is 0. The normalized spacial score (nSPS) is 10.9. The molecule has 0 aromatic heterocycles. The van der Waals surface area contributed by atoms with Gasteiger partial charge >= 0.3 is 0 Å². The molecule has 0 fully saturated rings. The van der Waals surface area contributed by atoms with Crippen LogP contribution >= 0.6 is 0 Å². The molecule has 1 aromatic rings. The van der Waals surface area contributed by atoms with Crippen LogP contribution < -0.4 is 5.32 Å². The summed E-state index contributed by atoms with van der Waals surface area (Å²) in [5.41, 5.74) is 3.35. The summed E-state index contributed by atoms with van der Waals surface area (Å²) < 4.78 is 0. The Morgan fingerprint density at radius 2 is 1.81 bits per heavy atom. The van der Waals surface area contributed by atoms with E-state index in [1.807, 2.05) is 26.8 Å². The van der Waals surface area contributed by atoms with Crippen molar-refractivity contribution in [3.8, 4) is 0 Å². The minimum absolute atomic E-state index is 0.0178. The second-order valence-corrected chi connectivity index (χ2v) is 4.87. The fourth-order valence-electron chi connectivity index (χ4n) is 1.46. The Labute approximate surface area is 98.1 Å². The van der Waals surface area contributed by atoms with E-state index in [2.05, 4.69) is 31.3 Å². The summed E-state index contributed by atoms with van der Waals surface area (Å²) in [6.45, 7) is 10.2. The Morgan fingerprint density at radius 1 is 1.19 bits per heavy atom. The van der Waals surface area contributed by atoms with Gasteiger partial charge in [-0.15, -0.1) is 0 Å². The van der Waals surface area contributed by atoms with Crippen molar-refractivity contribution in [2.24, 2.45) is 5.92 Å². The molecular weight excluding hydrogens is 198 g/mol. The topological polar surface area (TPSA) is 29.1 Å². The van der Waals surface area contributed by atoms with E-state index in [0.29, 0.717) is 5.92 Å². The number of anilines is 1. The Balaban J connectivity index is 2.87. The molecule has 16 heavy (non-hydrogen) atoms. The van der Waals surface area contributed by atoms with Gasteiger partial charge in [-0.3, -0.25) is 4.79 Å². The highest BCUT2D eigenvalue weighted by Crippen LogP contribution is 2.22. The number of nitrogens with one attached hydrogen (secondary N) is 1. The number of hydrogen-bond donors (Lipinski definition) is 1. The van der Waals surface area contributed by atoms with Gasteiger partial charge in [0.2, 0.25) is 5.91 Å². The maximum atomic E-state index is 11.6. The van der Waals surface area contributed by atoms with Crippen LogP contribution in [0, 0.1) is 12.8 Å². The summed E-state index contributed by atoms with van der Waals surface area (Å²) in [6, 6.07) is 6.21. The van der Waals surface area contributed by atoms with E-state index in [-0.39, 0.29) is 11.8 Å². The van der Waals surface area contributed by atoms with E-state index in [1.54, 1.807) is 0 Å². The van der Waals surface area contributed by atoms with Gasteiger partial charge in [-0.2, -0.15) is 0 Å². The van der Waals surface area contributed by atoms with Gasteiger partial charge in [-0.1, -0.05) is 39.8 Å². The van der Waals surface area contributed by atoms with Crippen LogP contribution in [0.5, 0.6) is 0 Å². The van der Waals surface area contributed by atoms with E-state index >= 15 is 0 Å². The minimum Gasteiger partial charge on any atom is -0.326 e. The third kappa shape index (κ3) is 3.09. The first-order chi connectivity index (χ1) is 7.41. The molecule has 0 saturated heterocycles. The molecule has 0 aliphatic heterocycles. The van der Waals surface area contributed by atoms with E-state index in [4.69, 9.17) is 0 Å². The summed E-state index contributed by atoms with van der Waals surface area (Å²) in [4.78, 5) is 11.6. The van der Waals surface area contributed by atoms with E-state index in [0.717, 1.165) is 11.3 Å². The summed E-state index contributed by atoms with van der Waals surface area (Å²) in [5, 5.41) is 2.94. The minimum atomic E-state index is 0.0178. The van der Waals surface area contributed by atoms with Crippen molar-refractivity contribution >= 4 is 11.6 Å². The Kier molecular flexibility index (Phi) is 4.11. The summed E-state index contributed by atoms with van der Waals surface area (Å²) in [5.74, 6) is 0.609. The quantitative estimate of drug-likeness (QED) is 0.825. The number of carbonyl (C=O) groups excluding carboxylic acids is 1. The van der Waals surface area contributed by atoms with Crippen LogP contribution in [-0.2, 0) is 4.79 Å². The average Bonchev–Trinajstić information content (AvgIpc) is 2.20. The Hall–Kier alpha value is -1.31. The molecule has 0 heterocycles. The van der Waals surface area contributed by atoms with Crippen molar-refractivity contribution in [2.75, 3.05) is 5.32 Å². The lowest BCUT2D eigenvalue weighted by Crippen LogP contribution is -2.18. The fourth-order valence-corrected chi connectivity index (χ4v) is 1.46. The molecule has 2 nitrogen and oxygen atoms in total. The first kappa shape index (κ1) is 12.8. The molecule has 0 unspecified atom stereocenters. The van der Waals surface area contributed by atoms with Crippen molar-refractivity contribution in [2.45, 2.75) is 40.5 Å². The molecule has 0 atom stereocenters.